The fourth-order valence-electron chi connectivity index (χ4n) is 2.66. The van der Waals surface area contributed by atoms with E-state index in [0.29, 0.717) is 17.2 Å². The van der Waals surface area contributed by atoms with Gasteiger partial charge in [0.1, 0.15) is 11.5 Å². The predicted octanol–water partition coefficient (Wildman–Crippen LogP) is 3.62. The first kappa shape index (κ1) is 23.5. The van der Waals surface area contributed by atoms with Crippen LogP contribution in [0.3, 0.4) is 0 Å². The molecule has 0 unspecified atom stereocenters. The molecule has 0 fully saturated rings. The Morgan fingerprint density at radius 1 is 0.871 bits per heavy atom. The van der Waals surface area contributed by atoms with Gasteiger partial charge in [-0.05, 0) is 37.3 Å². The Balaban J connectivity index is 2.31. The molecule has 0 saturated carbocycles. The Bertz CT molecular complexity index is 993. The summed E-state index contributed by atoms with van der Waals surface area (Å²) in [5.74, 6) is -0.661. The molecule has 31 heavy (non-hydrogen) atoms. The molecule has 0 radical (unpaired) electrons. The van der Waals surface area contributed by atoms with Gasteiger partial charge in [-0.15, -0.1) is 0 Å². The summed E-state index contributed by atoms with van der Waals surface area (Å²) >= 11 is 0. The van der Waals surface area contributed by atoms with Crippen molar-refractivity contribution < 1.29 is 38.1 Å². The standard InChI is InChI=1S/C23H24O8/c1-6-30-22(25)14(2)11-18(24)17-9-8-16(27-3)13-20(17)31-23(26)15-7-10-19(28-4)21(12-15)29-5/h7-10,12-13H,2,6,11H2,1,3-5H3. The van der Waals surface area contributed by atoms with Crippen molar-refractivity contribution in [3.8, 4) is 23.0 Å². The second kappa shape index (κ2) is 10.8. The van der Waals surface area contributed by atoms with Gasteiger partial charge in [-0.3, -0.25) is 4.79 Å². The summed E-state index contributed by atoms with van der Waals surface area (Å²) in [4.78, 5) is 37.2. The van der Waals surface area contributed by atoms with Gasteiger partial charge in [-0.25, -0.2) is 9.59 Å². The van der Waals surface area contributed by atoms with Crippen LogP contribution in [0.2, 0.25) is 0 Å². The second-order valence-corrected chi connectivity index (χ2v) is 6.25. The number of Topliss-reactive ketones (excluding diaryl/α,β-unsaturated/α-hetero) is 1. The summed E-state index contributed by atoms with van der Waals surface area (Å²) in [7, 11) is 4.37. The van der Waals surface area contributed by atoms with E-state index in [9.17, 15) is 14.4 Å². The van der Waals surface area contributed by atoms with E-state index in [0.717, 1.165) is 0 Å². The molecule has 2 aromatic rings. The molecule has 0 aliphatic heterocycles. The topological polar surface area (TPSA) is 97.4 Å². The summed E-state index contributed by atoms with van der Waals surface area (Å²) in [6.45, 7) is 5.42. The minimum atomic E-state index is -0.715. The summed E-state index contributed by atoms with van der Waals surface area (Å²) < 4.78 is 25.9. The van der Waals surface area contributed by atoms with E-state index in [4.69, 9.17) is 23.7 Å². The zero-order valence-corrected chi connectivity index (χ0v) is 17.9. The highest BCUT2D eigenvalue weighted by Gasteiger charge is 2.21. The van der Waals surface area contributed by atoms with Gasteiger partial charge in [-0.1, -0.05) is 6.58 Å². The summed E-state index contributed by atoms with van der Waals surface area (Å²) in [5, 5.41) is 0. The second-order valence-electron chi connectivity index (χ2n) is 6.25. The molecule has 0 amide bonds. The van der Waals surface area contributed by atoms with Gasteiger partial charge >= 0.3 is 11.9 Å². The number of esters is 2. The maximum atomic E-state index is 12.7. The lowest BCUT2D eigenvalue weighted by Crippen LogP contribution is -2.14. The molecule has 0 atom stereocenters. The van der Waals surface area contributed by atoms with Gasteiger partial charge in [0.2, 0.25) is 0 Å². The molecule has 2 rings (SSSR count). The monoisotopic (exact) mass is 428 g/mol. The van der Waals surface area contributed by atoms with E-state index in [-0.39, 0.29) is 35.5 Å². The lowest BCUT2D eigenvalue weighted by atomic mass is 10.0. The largest absolute Gasteiger partial charge is 0.497 e. The lowest BCUT2D eigenvalue weighted by Gasteiger charge is -2.13. The van der Waals surface area contributed by atoms with Crippen molar-refractivity contribution in [1.29, 1.82) is 0 Å². The zero-order valence-electron chi connectivity index (χ0n) is 17.9. The number of ketones is 1. The van der Waals surface area contributed by atoms with Gasteiger partial charge in [0.25, 0.3) is 0 Å². The first-order valence-corrected chi connectivity index (χ1v) is 9.34. The van der Waals surface area contributed by atoms with Crippen LogP contribution in [-0.2, 0) is 9.53 Å². The van der Waals surface area contributed by atoms with E-state index in [1.807, 2.05) is 0 Å². The Hall–Kier alpha value is -3.81. The first-order valence-electron chi connectivity index (χ1n) is 9.34. The number of hydrogen-bond donors (Lipinski definition) is 0. The van der Waals surface area contributed by atoms with Gasteiger partial charge in [0.15, 0.2) is 17.3 Å². The molecule has 164 valence electrons. The Morgan fingerprint density at radius 2 is 1.58 bits per heavy atom. The van der Waals surface area contributed by atoms with E-state index in [1.54, 1.807) is 19.1 Å². The van der Waals surface area contributed by atoms with Crippen molar-refractivity contribution in [3.63, 3.8) is 0 Å². The SMILES string of the molecule is C=C(CC(=O)c1ccc(OC)cc1OC(=O)c1ccc(OC)c(OC)c1)C(=O)OCC. The molecule has 8 nitrogen and oxygen atoms in total. The Kier molecular flexibility index (Phi) is 8.19. The molecule has 0 spiro atoms. The Morgan fingerprint density at radius 3 is 2.19 bits per heavy atom. The third-order valence-electron chi connectivity index (χ3n) is 4.25. The predicted molar refractivity (Wildman–Crippen MR) is 112 cm³/mol. The zero-order chi connectivity index (χ0) is 23.0. The molecule has 0 bridgehead atoms. The number of hydrogen-bond acceptors (Lipinski definition) is 8. The van der Waals surface area contributed by atoms with Crippen LogP contribution in [0.5, 0.6) is 23.0 Å². The highest BCUT2D eigenvalue weighted by Crippen LogP contribution is 2.30. The number of carbonyl (C=O) groups is 3. The summed E-state index contributed by atoms with van der Waals surface area (Å²) in [6.07, 6.45) is -0.286. The fourth-order valence-corrected chi connectivity index (χ4v) is 2.66. The minimum absolute atomic E-state index is 0.000152. The summed E-state index contributed by atoms with van der Waals surface area (Å²) in [5.41, 5.74) is 0.287. The van der Waals surface area contributed by atoms with Gasteiger partial charge in [0.05, 0.1) is 39.1 Å². The average molecular weight is 428 g/mol. The molecule has 0 aromatic heterocycles. The summed E-state index contributed by atoms with van der Waals surface area (Å²) in [6, 6.07) is 8.96. The normalized spacial score (nSPS) is 10.1. The number of ether oxygens (including phenoxy) is 5. The van der Waals surface area contributed by atoms with Gasteiger partial charge in [0, 0.05) is 18.1 Å². The molecular formula is C23H24O8. The molecule has 0 aliphatic rings. The Labute approximate surface area is 180 Å². The van der Waals surface area contributed by atoms with Crippen LogP contribution in [0.4, 0.5) is 0 Å². The van der Waals surface area contributed by atoms with Crippen LogP contribution in [0.25, 0.3) is 0 Å². The van der Waals surface area contributed by atoms with Crippen molar-refractivity contribution in [1.82, 2.24) is 0 Å². The van der Waals surface area contributed by atoms with E-state index in [2.05, 4.69) is 6.58 Å². The molecule has 8 heteroatoms. The van der Waals surface area contributed by atoms with E-state index in [1.165, 1.54) is 45.6 Å². The van der Waals surface area contributed by atoms with E-state index >= 15 is 0 Å². The third kappa shape index (κ3) is 5.85. The molecular weight excluding hydrogens is 404 g/mol. The van der Waals surface area contributed by atoms with Crippen LogP contribution in [0.15, 0.2) is 48.6 Å². The van der Waals surface area contributed by atoms with Crippen molar-refractivity contribution in [2.24, 2.45) is 0 Å². The quantitative estimate of drug-likeness (QED) is 0.245. The average Bonchev–Trinajstić information content (AvgIpc) is 2.78. The maximum Gasteiger partial charge on any atom is 0.343 e. The third-order valence-corrected chi connectivity index (χ3v) is 4.25. The molecule has 0 aliphatic carbocycles. The number of methoxy groups -OCH3 is 3. The highest BCUT2D eigenvalue weighted by molar-refractivity contribution is 6.05. The lowest BCUT2D eigenvalue weighted by molar-refractivity contribution is -0.138. The van der Waals surface area contributed by atoms with E-state index < -0.39 is 17.7 Å². The van der Waals surface area contributed by atoms with Crippen LogP contribution in [0.1, 0.15) is 34.1 Å². The van der Waals surface area contributed by atoms with Crippen LogP contribution < -0.4 is 18.9 Å². The van der Waals surface area contributed by atoms with Crippen molar-refractivity contribution in [2.75, 3.05) is 27.9 Å². The van der Waals surface area contributed by atoms with Crippen LogP contribution in [0, 0.1) is 0 Å². The molecule has 0 N–H and O–H groups in total. The molecule has 0 heterocycles. The van der Waals surface area contributed by atoms with Crippen molar-refractivity contribution >= 4 is 17.7 Å². The fraction of sp³-hybridized carbons (Fsp3) is 0.261. The highest BCUT2D eigenvalue weighted by atomic mass is 16.5. The van der Waals surface area contributed by atoms with Crippen molar-refractivity contribution in [2.45, 2.75) is 13.3 Å². The number of benzene rings is 2. The number of carbonyl (C=O) groups excluding carboxylic acids is 3. The molecule has 0 saturated heterocycles. The maximum absolute atomic E-state index is 12.7. The minimum Gasteiger partial charge on any atom is -0.497 e. The van der Waals surface area contributed by atoms with Crippen LogP contribution in [-0.4, -0.2) is 45.7 Å². The first-order chi connectivity index (χ1) is 14.8. The molecule has 2 aromatic carbocycles. The number of rotatable bonds is 10. The van der Waals surface area contributed by atoms with Crippen LogP contribution >= 0.6 is 0 Å². The van der Waals surface area contributed by atoms with Crippen molar-refractivity contribution in [3.05, 3.63) is 59.7 Å². The van der Waals surface area contributed by atoms with Gasteiger partial charge < -0.3 is 23.7 Å². The van der Waals surface area contributed by atoms with Gasteiger partial charge in [-0.2, -0.15) is 0 Å². The smallest absolute Gasteiger partial charge is 0.343 e.